The summed E-state index contributed by atoms with van der Waals surface area (Å²) in [6, 6.07) is 15.3. The highest BCUT2D eigenvalue weighted by atomic mass is 16.5. The molecular weight excluding hydrogens is 252 g/mol. The number of para-hydroxylation sites is 1. The van der Waals surface area contributed by atoms with Gasteiger partial charge in [0.1, 0.15) is 6.04 Å². The molecule has 0 aliphatic carbocycles. The monoisotopic (exact) mass is 268 g/mol. The Hall–Kier alpha value is -2.33. The normalized spacial score (nSPS) is 16.6. The maximum atomic E-state index is 12.0. The Kier molecular flexibility index (Phi) is 3.39. The largest absolute Gasteiger partial charge is 0.380 e. The van der Waals surface area contributed by atoms with E-state index < -0.39 is 0 Å². The third-order valence-corrected chi connectivity index (χ3v) is 3.34. The summed E-state index contributed by atoms with van der Waals surface area (Å²) < 4.78 is 5.12. The number of benzene rings is 2. The zero-order chi connectivity index (χ0) is 13.9. The molecule has 1 aliphatic heterocycles. The molecule has 0 bridgehead atoms. The first kappa shape index (κ1) is 12.7. The van der Waals surface area contributed by atoms with Crippen molar-refractivity contribution in [1.82, 2.24) is 0 Å². The molecule has 0 saturated heterocycles. The lowest BCUT2D eigenvalue weighted by Crippen LogP contribution is -2.19. The summed E-state index contributed by atoms with van der Waals surface area (Å²) in [7, 11) is 1.67. The molecule has 0 aromatic heterocycles. The van der Waals surface area contributed by atoms with Gasteiger partial charge in [0.2, 0.25) is 0 Å². The molecule has 4 heteroatoms. The van der Waals surface area contributed by atoms with Gasteiger partial charge in [-0.1, -0.05) is 30.3 Å². The van der Waals surface area contributed by atoms with Gasteiger partial charge in [0.05, 0.1) is 6.61 Å². The van der Waals surface area contributed by atoms with E-state index in [9.17, 15) is 4.79 Å². The molecule has 1 amide bonds. The van der Waals surface area contributed by atoms with Crippen LogP contribution < -0.4 is 10.6 Å². The fourth-order valence-corrected chi connectivity index (χ4v) is 2.44. The van der Waals surface area contributed by atoms with Crippen LogP contribution >= 0.6 is 0 Å². The summed E-state index contributed by atoms with van der Waals surface area (Å²) in [4.78, 5) is 12.0. The van der Waals surface area contributed by atoms with Crippen molar-refractivity contribution >= 4 is 17.3 Å². The second-order valence-corrected chi connectivity index (χ2v) is 4.79. The van der Waals surface area contributed by atoms with Crippen molar-refractivity contribution in [3.8, 4) is 0 Å². The quantitative estimate of drug-likeness (QED) is 0.896. The molecule has 20 heavy (non-hydrogen) atoms. The van der Waals surface area contributed by atoms with E-state index in [1.165, 1.54) is 0 Å². The highest BCUT2D eigenvalue weighted by molar-refractivity contribution is 6.04. The Morgan fingerprint density at radius 2 is 2.05 bits per heavy atom. The molecular formula is C16H16N2O2. The highest BCUT2D eigenvalue weighted by Gasteiger charge is 2.29. The predicted octanol–water partition coefficient (Wildman–Crippen LogP) is 2.94. The number of hydrogen-bond acceptors (Lipinski definition) is 3. The van der Waals surface area contributed by atoms with Crippen LogP contribution in [-0.4, -0.2) is 13.0 Å². The molecule has 0 radical (unpaired) electrons. The Morgan fingerprint density at radius 1 is 1.20 bits per heavy atom. The van der Waals surface area contributed by atoms with Crippen LogP contribution in [0.25, 0.3) is 0 Å². The summed E-state index contributed by atoms with van der Waals surface area (Å²) in [5.74, 6) is -0.0247. The molecule has 2 aromatic carbocycles. The minimum absolute atomic E-state index is 0.0247. The van der Waals surface area contributed by atoms with Gasteiger partial charge in [0.15, 0.2) is 0 Å². The number of anilines is 2. The minimum Gasteiger partial charge on any atom is -0.380 e. The van der Waals surface area contributed by atoms with Gasteiger partial charge in [0, 0.05) is 24.0 Å². The van der Waals surface area contributed by atoms with Crippen LogP contribution in [0.15, 0.2) is 48.5 Å². The topological polar surface area (TPSA) is 50.4 Å². The second-order valence-electron chi connectivity index (χ2n) is 4.79. The molecule has 0 saturated carbocycles. The number of amides is 1. The van der Waals surface area contributed by atoms with Gasteiger partial charge in [-0.3, -0.25) is 4.79 Å². The Balaban J connectivity index is 1.84. The Bertz CT molecular complexity index is 640. The molecule has 1 aliphatic rings. The first-order valence-corrected chi connectivity index (χ1v) is 6.52. The summed E-state index contributed by atoms with van der Waals surface area (Å²) in [5, 5.41) is 6.16. The number of nitrogens with one attached hydrogen (secondary N) is 2. The van der Waals surface area contributed by atoms with E-state index in [0.717, 1.165) is 22.5 Å². The first-order chi connectivity index (χ1) is 9.78. The summed E-state index contributed by atoms with van der Waals surface area (Å²) in [5.41, 5.74) is 3.85. The number of rotatable bonds is 4. The molecule has 1 atom stereocenters. The van der Waals surface area contributed by atoms with Crippen LogP contribution in [0.5, 0.6) is 0 Å². The van der Waals surface area contributed by atoms with Gasteiger partial charge in [-0.15, -0.1) is 0 Å². The van der Waals surface area contributed by atoms with Crippen molar-refractivity contribution < 1.29 is 9.53 Å². The Labute approximate surface area is 117 Å². The second kappa shape index (κ2) is 5.35. The zero-order valence-electron chi connectivity index (χ0n) is 11.2. The number of carbonyl (C=O) groups excluding carboxylic acids is 1. The molecule has 1 heterocycles. The van der Waals surface area contributed by atoms with Crippen LogP contribution in [-0.2, 0) is 16.1 Å². The number of ether oxygens (including phenoxy) is 1. The maximum Gasteiger partial charge on any atom is 0.251 e. The standard InChI is InChI=1S/C16H16N2O2/c1-20-10-11-5-4-6-12(9-11)17-15-13-7-2-3-8-14(13)18-16(15)19/h2-9,15,17H,10H2,1H3,(H,18,19). The fraction of sp³-hybridized carbons (Fsp3) is 0.188. The van der Waals surface area contributed by atoms with E-state index in [1.54, 1.807) is 7.11 Å². The fourth-order valence-electron chi connectivity index (χ4n) is 2.44. The first-order valence-electron chi connectivity index (χ1n) is 6.52. The van der Waals surface area contributed by atoms with E-state index in [1.807, 2.05) is 48.5 Å². The van der Waals surface area contributed by atoms with Crippen LogP contribution in [0.1, 0.15) is 17.2 Å². The number of fused-ring (bicyclic) bond motifs is 1. The molecule has 102 valence electrons. The van der Waals surface area contributed by atoms with Crippen molar-refractivity contribution in [3.05, 3.63) is 59.7 Å². The van der Waals surface area contributed by atoms with Gasteiger partial charge in [-0.05, 0) is 23.8 Å². The van der Waals surface area contributed by atoms with E-state index in [4.69, 9.17) is 4.74 Å². The van der Waals surface area contributed by atoms with Crippen molar-refractivity contribution in [1.29, 1.82) is 0 Å². The molecule has 2 aromatic rings. The molecule has 0 spiro atoms. The average Bonchev–Trinajstić information content (AvgIpc) is 2.76. The van der Waals surface area contributed by atoms with Gasteiger partial charge >= 0.3 is 0 Å². The van der Waals surface area contributed by atoms with Crippen molar-refractivity contribution in [3.63, 3.8) is 0 Å². The lowest BCUT2D eigenvalue weighted by atomic mass is 10.1. The van der Waals surface area contributed by atoms with Crippen LogP contribution in [0.4, 0.5) is 11.4 Å². The summed E-state index contributed by atoms with van der Waals surface area (Å²) in [6.07, 6.45) is 0. The molecule has 4 nitrogen and oxygen atoms in total. The summed E-state index contributed by atoms with van der Waals surface area (Å²) in [6.45, 7) is 0.559. The smallest absolute Gasteiger partial charge is 0.251 e. The molecule has 0 fully saturated rings. The van der Waals surface area contributed by atoms with Crippen LogP contribution in [0, 0.1) is 0 Å². The molecule has 1 unspecified atom stereocenters. The number of methoxy groups -OCH3 is 1. The minimum atomic E-state index is -0.344. The van der Waals surface area contributed by atoms with Gasteiger partial charge in [-0.25, -0.2) is 0 Å². The average molecular weight is 268 g/mol. The third kappa shape index (κ3) is 2.38. The molecule has 3 rings (SSSR count). The lowest BCUT2D eigenvalue weighted by molar-refractivity contribution is -0.116. The SMILES string of the molecule is COCc1cccc(NC2C(=O)Nc3ccccc32)c1. The maximum absolute atomic E-state index is 12.0. The van der Waals surface area contributed by atoms with Gasteiger partial charge < -0.3 is 15.4 Å². The third-order valence-electron chi connectivity index (χ3n) is 3.34. The van der Waals surface area contributed by atoms with E-state index >= 15 is 0 Å². The van der Waals surface area contributed by atoms with Crippen molar-refractivity contribution in [2.75, 3.05) is 17.7 Å². The van der Waals surface area contributed by atoms with Gasteiger partial charge in [-0.2, -0.15) is 0 Å². The van der Waals surface area contributed by atoms with E-state index in [0.29, 0.717) is 6.61 Å². The van der Waals surface area contributed by atoms with Gasteiger partial charge in [0.25, 0.3) is 5.91 Å². The van der Waals surface area contributed by atoms with E-state index in [-0.39, 0.29) is 11.9 Å². The van der Waals surface area contributed by atoms with Crippen molar-refractivity contribution in [2.24, 2.45) is 0 Å². The summed E-state index contributed by atoms with van der Waals surface area (Å²) >= 11 is 0. The van der Waals surface area contributed by atoms with E-state index in [2.05, 4.69) is 10.6 Å². The Morgan fingerprint density at radius 3 is 2.90 bits per heavy atom. The number of hydrogen-bond donors (Lipinski definition) is 2. The van der Waals surface area contributed by atoms with Crippen LogP contribution in [0.2, 0.25) is 0 Å². The predicted molar refractivity (Wildman–Crippen MR) is 78.6 cm³/mol. The zero-order valence-corrected chi connectivity index (χ0v) is 11.2. The number of carbonyl (C=O) groups is 1. The highest BCUT2D eigenvalue weighted by Crippen LogP contribution is 2.32. The molecule has 2 N–H and O–H groups in total. The van der Waals surface area contributed by atoms with Crippen molar-refractivity contribution in [2.45, 2.75) is 12.6 Å². The van der Waals surface area contributed by atoms with Crippen LogP contribution in [0.3, 0.4) is 0 Å². The lowest BCUT2D eigenvalue weighted by Gasteiger charge is -2.14.